The molecule has 0 aliphatic rings. The fourth-order valence-corrected chi connectivity index (χ4v) is 0.573. The molecule has 1 rings (SSSR count). The highest BCUT2D eigenvalue weighted by Crippen LogP contribution is 2.10. The molecule has 0 saturated carbocycles. The molecule has 0 N–H and O–H groups in total. The first kappa shape index (κ1) is 6.23. The maximum absolute atomic E-state index is 5.50. The summed E-state index contributed by atoms with van der Waals surface area (Å²) in [5.41, 5.74) is 0.736. The summed E-state index contributed by atoms with van der Waals surface area (Å²) in [5, 5.41) is 0.474. The molecule has 1 aromatic heterocycles. The van der Waals surface area contributed by atoms with Crippen molar-refractivity contribution < 1.29 is 0 Å². The van der Waals surface area contributed by atoms with Gasteiger partial charge in [0, 0.05) is 0 Å². The lowest BCUT2D eigenvalue weighted by atomic mass is 10.4. The number of hydrogen-bond donors (Lipinski definition) is 0. The van der Waals surface area contributed by atoms with E-state index in [1.165, 1.54) is 0 Å². The lowest BCUT2D eigenvalue weighted by Crippen LogP contribution is -1.69. The maximum atomic E-state index is 5.50. The molecule has 0 bridgehead atoms. The summed E-state index contributed by atoms with van der Waals surface area (Å²) >= 11 is 5.50. The van der Waals surface area contributed by atoms with Gasteiger partial charge in [0.15, 0.2) is 0 Å². The zero-order chi connectivity index (χ0) is 6.69. The van der Waals surface area contributed by atoms with Gasteiger partial charge in [0.1, 0.15) is 5.15 Å². The molecule has 0 saturated heterocycles. The molecule has 46 valence electrons. The molecule has 9 heavy (non-hydrogen) atoms. The van der Waals surface area contributed by atoms with Gasteiger partial charge < -0.3 is 0 Å². The predicted molar refractivity (Wildman–Crippen MR) is 38.5 cm³/mol. The molecular weight excluding hydrogens is 136 g/mol. The van der Waals surface area contributed by atoms with Gasteiger partial charge in [-0.1, -0.05) is 11.6 Å². The lowest BCUT2D eigenvalue weighted by molar-refractivity contribution is 1.31. The molecule has 2 nitrogen and oxygen atoms in total. The topological polar surface area (TPSA) is 25.2 Å². The first-order chi connectivity index (χ1) is 4.33. The molecule has 3 heteroatoms. The smallest absolute Gasteiger partial charge is 0.129 e. The van der Waals surface area contributed by atoms with Crippen molar-refractivity contribution in [1.29, 1.82) is 0 Å². The average molecular weight is 141 g/mol. The number of aliphatic imine (C=N–C) groups is 1. The number of pyridine rings is 1. The Kier molecular flexibility index (Phi) is 1.80. The molecule has 1 heterocycles. The van der Waals surface area contributed by atoms with Gasteiger partial charge in [-0.15, -0.1) is 0 Å². The van der Waals surface area contributed by atoms with Crippen molar-refractivity contribution in [3.63, 3.8) is 0 Å². The highest BCUT2D eigenvalue weighted by Gasteiger charge is 1.86. The fourth-order valence-electron chi connectivity index (χ4n) is 0.462. The Morgan fingerprint density at radius 2 is 2.33 bits per heavy atom. The first-order valence-corrected chi connectivity index (χ1v) is 2.79. The second kappa shape index (κ2) is 2.60. The Hall–Kier alpha value is -0.890. The third-order valence-corrected chi connectivity index (χ3v) is 1.12. The van der Waals surface area contributed by atoms with Crippen molar-refractivity contribution in [1.82, 2.24) is 4.98 Å². The van der Waals surface area contributed by atoms with Crippen molar-refractivity contribution in [2.75, 3.05) is 0 Å². The third kappa shape index (κ3) is 1.50. The molecule has 0 amide bonds. The highest BCUT2D eigenvalue weighted by atomic mass is 35.5. The zero-order valence-corrected chi connectivity index (χ0v) is 5.47. The summed E-state index contributed by atoms with van der Waals surface area (Å²) < 4.78 is 0. The summed E-state index contributed by atoms with van der Waals surface area (Å²) in [7, 11) is 0. The lowest BCUT2D eigenvalue weighted by Gasteiger charge is -1.88. The van der Waals surface area contributed by atoms with Crippen LogP contribution in [0.3, 0.4) is 0 Å². The molecule has 0 aliphatic carbocycles. The molecule has 0 spiro atoms. The summed E-state index contributed by atoms with van der Waals surface area (Å²) in [6.07, 6.45) is 1.56. The number of rotatable bonds is 1. The number of halogens is 1. The monoisotopic (exact) mass is 140 g/mol. The molecular formula is C6H5ClN2. The van der Waals surface area contributed by atoms with Crippen molar-refractivity contribution >= 4 is 24.0 Å². The summed E-state index contributed by atoms with van der Waals surface area (Å²) in [6.45, 7) is 3.33. The minimum Gasteiger partial charge on any atom is -0.263 e. The van der Waals surface area contributed by atoms with Crippen LogP contribution in [0.15, 0.2) is 23.3 Å². The fraction of sp³-hybridized carbons (Fsp3) is 0. The second-order valence-corrected chi connectivity index (χ2v) is 1.88. The predicted octanol–water partition coefficient (Wildman–Crippen LogP) is 2.07. The minimum absolute atomic E-state index is 0.474. The van der Waals surface area contributed by atoms with Gasteiger partial charge in [0.05, 0.1) is 11.9 Å². The number of aromatic nitrogens is 1. The van der Waals surface area contributed by atoms with Crippen LogP contribution in [0.4, 0.5) is 5.69 Å². The van der Waals surface area contributed by atoms with Crippen LogP contribution in [-0.2, 0) is 0 Å². The van der Waals surface area contributed by atoms with E-state index >= 15 is 0 Å². The molecule has 0 atom stereocenters. The largest absolute Gasteiger partial charge is 0.263 e. The van der Waals surface area contributed by atoms with Crippen LogP contribution in [0.25, 0.3) is 0 Å². The van der Waals surface area contributed by atoms with Crippen LogP contribution in [0, 0.1) is 0 Å². The Bertz CT molecular complexity index is 205. The van der Waals surface area contributed by atoms with E-state index in [1.54, 1.807) is 18.3 Å². The van der Waals surface area contributed by atoms with Gasteiger partial charge in [0.2, 0.25) is 0 Å². The van der Waals surface area contributed by atoms with E-state index in [1.807, 2.05) is 0 Å². The molecule has 0 aliphatic heterocycles. The van der Waals surface area contributed by atoms with E-state index < -0.39 is 0 Å². The van der Waals surface area contributed by atoms with E-state index in [-0.39, 0.29) is 0 Å². The highest BCUT2D eigenvalue weighted by molar-refractivity contribution is 6.29. The van der Waals surface area contributed by atoms with E-state index in [4.69, 9.17) is 11.6 Å². The number of hydrogen-bond acceptors (Lipinski definition) is 2. The van der Waals surface area contributed by atoms with Crippen molar-refractivity contribution in [2.45, 2.75) is 0 Å². The van der Waals surface area contributed by atoms with Gasteiger partial charge in [-0.05, 0) is 18.9 Å². The second-order valence-electron chi connectivity index (χ2n) is 1.50. The standard InChI is InChI=1S/C6H5ClN2/c1-8-5-2-3-6(7)9-4-5/h2-4H,1H2. The van der Waals surface area contributed by atoms with Crippen molar-refractivity contribution in [3.05, 3.63) is 23.5 Å². The van der Waals surface area contributed by atoms with Gasteiger partial charge in [-0.2, -0.15) is 0 Å². The van der Waals surface area contributed by atoms with Gasteiger partial charge >= 0.3 is 0 Å². The van der Waals surface area contributed by atoms with E-state index in [2.05, 4.69) is 16.7 Å². The van der Waals surface area contributed by atoms with Gasteiger partial charge in [-0.3, -0.25) is 4.99 Å². The van der Waals surface area contributed by atoms with Crippen molar-refractivity contribution in [3.8, 4) is 0 Å². The molecule has 0 unspecified atom stereocenters. The molecule has 0 radical (unpaired) electrons. The normalized spacial score (nSPS) is 9.00. The Morgan fingerprint density at radius 1 is 1.56 bits per heavy atom. The first-order valence-electron chi connectivity index (χ1n) is 2.41. The van der Waals surface area contributed by atoms with Crippen LogP contribution in [-0.4, -0.2) is 11.7 Å². The van der Waals surface area contributed by atoms with Crippen LogP contribution in [0.5, 0.6) is 0 Å². The average Bonchev–Trinajstić information content (AvgIpc) is 1.90. The van der Waals surface area contributed by atoms with Gasteiger partial charge in [0.25, 0.3) is 0 Å². The summed E-state index contributed by atoms with van der Waals surface area (Å²) in [4.78, 5) is 7.42. The van der Waals surface area contributed by atoms with Crippen LogP contribution < -0.4 is 0 Å². The van der Waals surface area contributed by atoms with E-state index in [0.717, 1.165) is 5.69 Å². The Morgan fingerprint density at radius 3 is 2.78 bits per heavy atom. The Labute approximate surface area is 58.2 Å². The third-order valence-electron chi connectivity index (χ3n) is 0.894. The molecule has 0 fully saturated rings. The van der Waals surface area contributed by atoms with Crippen LogP contribution >= 0.6 is 11.6 Å². The Balaban J connectivity index is 3.01. The summed E-state index contributed by atoms with van der Waals surface area (Å²) in [6, 6.07) is 3.42. The van der Waals surface area contributed by atoms with Crippen LogP contribution in [0.2, 0.25) is 5.15 Å². The van der Waals surface area contributed by atoms with Gasteiger partial charge in [-0.25, -0.2) is 4.98 Å². The number of nitrogens with zero attached hydrogens (tertiary/aromatic N) is 2. The molecule has 1 aromatic rings. The van der Waals surface area contributed by atoms with Crippen LogP contribution in [0.1, 0.15) is 0 Å². The summed E-state index contributed by atoms with van der Waals surface area (Å²) in [5.74, 6) is 0. The SMILES string of the molecule is C=Nc1ccc(Cl)nc1. The van der Waals surface area contributed by atoms with E-state index in [0.29, 0.717) is 5.15 Å². The maximum Gasteiger partial charge on any atom is 0.129 e. The molecule has 0 aromatic carbocycles. The van der Waals surface area contributed by atoms with E-state index in [9.17, 15) is 0 Å². The minimum atomic E-state index is 0.474. The van der Waals surface area contributed by atoms with Crippen molar-refractivity contribution in [2.24, 2.45) is 4.99 Å². The quantitative estimate of drug-likeness (QED) is 0.433. The zero-order valence-electron chi connectivity index (χ0n) is 4.71.